The minimum absolute atomic E-state index is 0.284. The van der Waals surface area contributed by atoms with E-state index in [1.54, 1.807) is 0 Å². The molecule has 3 rings (SSSR count). The highest BCUT2D eigenvalue weighted by molar-refractivity contribution is 5.65. The average Bonchev–Trinajstić information content (AvgIpc) is 2.63. The van der Waals surface area contributed by atoms with Gasteiger partial charge in [-0.1, -0.05) is 30.3 Å². The zero-order valence-corrected chi connectivity index (χ0v) is 15.4. The molecule has 2 N–H and O–H groups in total. The molecule has 0 amide bonds. The van der Waals surface area contributed by atoms with E-state index in [-0.39, 0.29) is 6.04 Å². The largest absolute Gasteiger partial charge is 0.494 e. The molecule has 1 heterocycles. The van der Waals surface area contributed by atoms with Crippen molar-refractivity contribution in [2.75, 3.05) is 17.2 Å². The Morgan fingerprint density at radius 1 is 0.923 bits per heavy atom. The van der Waals surface area contributed by atoms with E-state index in [1.165, 1.54) is 0 Å². The first-order chi connectivity index (χ1) is 12.6. The summed E-state index contributed by atoms with van der Waals surface area (Å²) in [6.07, 6.45) is 0. The van der Waals surface area contributed by atoms with E-state index in [0.29, 0.717) is 12.4 Å². The Hall–Kier alpha value is -3.08. The standard InChI is InChI=1S/C21H24N4O/c1-4-26-18-12-10-17(11-13-18)23-20-14-19(22-15(2)3)24-21(25-20)16-8-6-5-7-9-16/h5-15H,4H2,1-3H3,(H2,22,23,24,25). The smallest absolute Gasteiger partial charge is 0.163 e. The molecule has 0 saturated heterocycles. The maximum absolute atomic E-state index is 5.49. The lowest BCUT2D eigenvalue weighted by molar-refractivity contribution is 0.340. The fourth-order valence-electron chi connectivity index (χ4n) is 2.55. The molecule has 0 bridgehead atoms. The van der Waals surface area contributed by atoms with Crippen molar-refractivity contribution in [2.24, 2.45) is 0 Å². The average molecular weight is 348 g/mol. The van der Waals surface area contributed by atoms with E-state index in [2.05, 4.69) is 34.4 Å². The Bertz CT molecular complexity index is 832. The van der Waals surface area contributed by atoms with Gasteiger partial charge < -0.3 is 15.4 Å². The second-order valence-corrected chi connectivity index (χ2v) is 6.21. The van der Waals surface area contributed by atoms with Crippen molar-refractivity contribution < 1.29 is 4.74 Å². The second-order valence-electron chi connectivity index (χ2n) is 6.21. The molecule has 2 aromatic carbocycles. The number of hydrogen-bond acceptors (Lipinski definition) is 5. The number of nitrogens with one attached hydrogen (secondary N) is 2. The molecule has 0 atom stereocenters. The molecule has 0 spiro atoms. The fraction of sp³-hybridized carbons (Fsp3) is 0.238. The van der Waals surface area contributed by atoms with E-state index in [0.717, 1.165) is 28.6 Å². The van der Waals surface area contributed by atoms with Gasteiger partial charge >= 0.3 is 0 Å². The number of anilines is 3. The van der Waals surface area contributed by atoms with Crippen LogP contribution in [-0.2, 0) is 0 Å². The van der Waals surface area contributed by atoms with E-state index in [4.69, 9.17) is 4.74 Å². The first kappa shape index (κ1) is 17.7. The van der Waals surface area contributed by atoms with Crippen LogP contribution < -0.4 is 15.4 Å². The van der Waals surface area contributed by atoms with Gasteiger partial charge in [0.2, 0.25) is 0 Å². The third-order valence-electron chi connectivity index (χ3n) is 3.63. The number of benzene rings is 2. The van der Waals surface area contributed by atoms with Crippen LogP contribution in [-0.4, -0.2) is 22.6 Å². The van der Waals surface area contributed by atoms with Crippen LogP contribution in [0.2, 0.25) is 0 Å². The van der Waals surface area contributed by atoms with Gasteiger partial charge in [-0.3, -0.25) is 0 Å². The van der Waals surface area contributed by atoms with Crippen molar-refractivity contribution in [3.05, 3.63) is 60.7 Å². The number of aromatic nitrogens is 2. The summed E-state index contributed by atoms with van der Waals surface area (Å²) in [4.78, 5) is 9.31. The normalized spacial score (nSPS) is 10.6. The van der Waals surface area contributed by atoms with Crippen LogP contribution in [0.1, 0.15) is 20.8 Å². The molecule has 5 heteroatoms. The predicted molar refractivity (Wildman–Crippen MR) is 107 cm³/mol. The van der Waals surface area contributed by atoms with Crippen LogP contribution in [0.5, 0.6) is 5.75 Å². The molecule has 1 aromatic heterocycles. The Morgan fingerprint density at radius 3 is 2.27 bits per heavy atom. The van der Waals surface area contributed by atoms with Gasteiger partial charge in [0.15, 0.2) is 5.82 Å². The monoisotopic (exact) mass is 348 g/mol. The zero-order valence-electron chi connectivity index (χ0n) is 15.4. The Labute approximate surface area is 154 Å². The van der Waals surface area contributed by atoms with E-state index in [9.17, 15) is 0 Å². The Kier molecular flexibility index (Phi) is 5.69. The Balaban J connectivity index is 1.89. The lowest BCUT2D eigenvalue weighted by Crippen LogP contribution is -2.12. The quantitative estimate of drug-likeness (QED) is 0.621. The third-order valence-corrected chi connectivity index (χ3v) is 3.63. The lowest BCUT2D eigenvalue weighted by atomic mass is 10.2. The van der Waals surface area contributed by atoms with Gasteiger partial charge in [0.1, 0.15) is 17.4 Å². The highest BCUT2D eigenvalue weighted by atomic mass is 16.5. The van der Waals surface area contributed by atoms with Crippen LogP contribution in [0.25, 0.3) is 11.4 Å². The van der Waals surface area contributed by atoms with Gasteiger partial charge in [-0.05, 0) is 45.0 Å². The third kappa shape index (κ3) is 4.72. The molecule has 0 aliphatic carbocycles. The zero-order chi connectivity index (χ0) is 18.4. The van der Waals surface area contributed by atoms with Gasteiger partial charge in [-0.15, -0.1) is 0 Å². The first-order valence-electron chi connectivity index (χ1n) is 8.85. The van der Waals surface area contributed by atoms with Crippen LogP contribution in [0.4, 0.5) is 17.3 Å². The molecule has 0 aliphatic heterocycles. The van der Waals surface area contributed by atoms with Crippen LogP contribution >= 0.6 is 0 Å². The molecule has 26 heavy (non-hydrogen) atoms. The predicted octanol–water partition coefficient (Wildman–Crippen LogP) is 5.11. The second kappa shape index (κ2) is 8.34. The van der Waals surface area contributed by atoms with Gasteiger partial charge in [0.05, 0.1) is 6.61 Å². The Morgan fingerprint density at radius 2 is 1.62 bits per heavy atom. The summed E-state index contributed by atoms with van der Waals surface area (Å²) in [7, 11) is 0. The van der Waals surface area contributed by atoms with Crippen molar-refractivity contribution in [3.8, 4) is 17.1 Å². The summed E-state index contributed by atoms with van der Waals surface area (Å²) in [5, 5.41) is 6.71. The lowest BCUT2D eigenvalue weighted by Gasteiger charge is -2.13. The van der Waals surface area contributed by atoms with E-state index < -0.39 is 0 Å². The number of rotatable bonds is 7. The topological polar surface area (TPSA) is 59.1 Å². The van der Waals surface area contributed by atoms with Gasteiger partial charge in [-0.25, -0.2) is 9.97 Å². The number of hydrogen-bond donors (Lipinski definition) is 2. The van der Waals surface area contributed by atoms with Gasteiger partial charge in [0.25, 0.3) is 0 Å². The maximum atomic E-state index is 5.49. The highest BCUT2D eigenvalue weighted by Gasteiger charge is 2.08. The molecular weight excluding hydrogens is 324 g/mol. The molecule has 0 saturated carbocycles. The molecule has 3 aromatic rings. The van der Waals surface area contributed by atoms with Crippen molar-refractivity contribution in [1.82, 2.24) is 9.97 Å². The molecule has 0 radical (unpaired) electrons. The van der Waals surface area contributed by atoms with E-state index in [1.807, 2.05) is 67.6 Å². The number of nitrogens with zero attached hydrogens (tertiary/aromatic N) is 2. The summed E-state index contributed by atoms with van der Waals surface area (Å²) < 4.78 is 5.49. The van der Waals surface area contributed by atoms with Crippen LogP contribution in [0.15, 0.2) is 60.7 Å². The summed E-state index contributed by atoms with van der Waals surface area (Å²) >= 11 is 0. The molecule has 0 fully saturated rings. The molecule has 0 aliphatic rings. The summed E-state index contributed by atoms with van der Waals surface area (Å²) in [6.45, 7) is 6.80. The fourth-order valence-corrected chi connectivity index (χ4v) is 2.55. The minimum Gasteiger partial charge on any atom is -0.494 e. The molecule has 5 nitrogen and oxygen atoms in total. The SMILES string of the molecule is CCOc1ccc(Nc2cc(NC(C)C)nc(-c3ccccc3)n2)cc1. The van der Waals surface area contributed by atoms with Crippen LogP contribution in [0, 0.1) is 0 Å². The highest BCUT2D eigenvalue weighted by Crippen LogP contribution is 2.24. The van der Waals surface area contributed by atoms with Gasteiger partial charge in [-0.2, -0.15) is 0 Å². The minimum atomic E-state index is 0.284. The number of ether oxygens (including phenoxy) is 1. The molecule has 0 unspecified atom stereocenters. The summed E-state index contributed by atoms with van der Waals surface area (Å²) in [5.74, 6) is 3.08. The van der Waals surface area contributed by atoms with Crippen molar-refractivity contribution >= 4 is 17.3 Å². The van der Waals surface area contributed by atoms with E-state index >= 15 is 0 Å². The van der Waals surface area contributed by atoms with Crippen LogP contribution in [0.3, 0.4) is 0 Å². The maximum Gasteiger partial charge on any atom is 0.163 e. The summed E-state index contributed by atoms with van der Waals surface area (Å²) in [5.41, 5.74) is 1.93. The first-order valence-corrected chi connectivity index (χ1v) is 8.85. The molecule has 134 valence electrons. The van der Waals surface area contributed by atoms with Crippen molar-refractivity contribution in [3.63, 3.8) is 0 Å². The van der Waals surface area contributed by atoms with Crippen molar-refractivity contribution in [1.29, 1.82) is 0 Å². The molecular formula is C21H24N4O. The van der Waals surface area contributed by atoms with Crippen molar-refractivity contribution in [2.45, 2.75) is 26.8 Å². The summed E-state index contributed by atoms with van der Waals surface area (Å²) in [6, 6.07) is 20.0. The van der Waals surface area contributed by atoms with Gasteiger partial charge in [0, 0.05) is 23.4 Å².